The molecule has 0 saturated carbocycles. The fraction of sp³-hybridized carbons (Fsp3) is 0.333. The normalized spacial score (nSPS) is 13.3. The summed E-state index contributed by atoms with van der Waals surface area (Å²) >= 11 is 0. The Morgan fingerprint density at radius 2 is 1.83 bits per heavy atom. The van der Waals surface area contributed by atoms with Crippen LogP contribution in [0.15, 0.2) is 65.7 Å². The monoisotopic (exact) mass is 602 g/mol. The minimum absolute atomic E-state index is 0.00121. The van der Waals surface area contributed by atoms with Gasteiger partial charge < -0.3 is 19.3 Å². The number of aromatic nitrogens is 1. The van der Waals surface area contributed by atoms with Crippen molar-refractivity contribution in [3.63, 3.8) is 0 Å². The molecule has 0 radical (unpaired) electrons. The second kappa shape index (κ2) is 13.0. The predicted molar refractivity (Wildman–Crippen MR) is 147 cm³/mol. The first-order chi connectivity index (χ1) is 19.9. The Labute approximate surface area is 241 Å². The van der Waals surface area contributed by atoms with E-state index in [1.165, 1.54) is 34.6 Å². The number of benzene rings is 2. The van der Waals surface area contributed by atoms with Gasteiger partial charge in [0.05, 0.1) is 15.9 Å². The molecule has 0 spiro atoms. The summed E-state index contributed by atoms with van der Waals surface area (Å²) in [7, 11) is -3.98. The largest absolute Gasteiger partial charge is 0.463 e. The van der Waals surface area contributed by atoms with Crippen LogP contribution < -0.4 is 14.2 Å². The highest BCUT2D eigenvalue weighted by Gasteiger charge is 2.30. The molecule has 3 aromatic rings. The van der Waals surface area contributed by atoms with Crippen LogP contribution in [0.1, 0.15) is 25.8 Å². The average Bonchev–Trinajstić information content (AvgIpc) is 3.43. The molecule has 0 saturated heterocycles. The van der Waals surface area contributed by atoms with Crippen molar-refractivity contribution in [3.05, 3.63) is 76.5 Å². The van der Waals surface area contributed by atoms with Gasteiger partial charge in [-0.3, -0.25) is 15.3 Å². The second-order valence-corrected chi connectivity index (χ2v) is 11.8. The van der Waals surface area contributed by atoms with Crippen molar-refractivity contribution in [1.82, 2.24) is 14.4 Å². The topological polar surface area (TPSA) is 182 Å². The van der Waals surface area contributed by atoms with Gasteiger partial charge in [-0.15, -0.1) is 0 Å². The van der Waals surface area contributed by atoms with Crippen LogP contribution in [0.4, 0.5) is 10.5 Å². The number of sulfonamides is 1. The average molecular weight is 603 g/mol. The summed E-state index contributed by atoms with van der Waals surface area (Å²) < 4.78 is 44.6. The standard InChI is InChI=1S/C27H30N4O10S/c1-18(2)16-29(42(37,38)23-8-9-24-25(14-23)40-17-39-24)12-11-20(30(34)27(32)33)13-19-3-6-22(7-4-19)41-26-10-5-21(15-28-26)31(35)36/h3-10,14-15,18,20,34H,11-13,16-17H2,1-2H3,(H,32,33). The van der Waals surface area contributed by atoms with Crippen LogP contribution in [0.25, 0.3) is 0 Å². The van der Waals surface area contributed by atoms with Gasteiger partial charge in [0.15, 0.2) is 11.5 Å². The van der Waals surface area contributed by atoms with E-state index in [0.29, 0.717) is 22.8 Å². The third-order valence-corrected chi connectivity index (χ3v) is 8.21. The number of nitro groups is 1. The molecule has 1 aliphatic heterocycles. The third-order valence-electron chi connectivity index (χ3n) is 6.35. The van der Waals surface area contributed by atoms with Crippen LogP contribution in [0, 0.1) is 16.0 Å². The molecule has 42 heavy (non-hydrogen) atoms. The van der Waals surface area contributed by atoms with Crippen molar-refractivity contribution in [1.29, 1.82) is 0 Å². The van der Waals surface area contributed by atoms with E-state index >= 15 is 0 Å². The Morgan fingerprint density at radius 1 is 1.12 bits per heavy atom. The van der Waals surface area contributed by atoms with E-state index in [2.05, 4.69) is 4.98 Å². The van der Waals surface area contributed by atoms with E-state index in [9.17, 15) is 33.6 Å². The molecule has 1 amide bonds. The molecule has 0 aliphatic carbocycles. The Hall–Kier alpha value is -4.47. The molecule has 0 fully saturated rings. The maximum atomic E-state index is 13.6. The summed E-state index contributed by atoms with van der Waals surface area (Å²) in [6.07, 6.45) is -0.410. The molecular weight excluding hydrogens is 572 g/mol. The summed E-state index contributed by atoms with van der Waals surface area (Å²) in [5, 5.41) is 30.8. The van der Waals surface area contributed by atoms with Gasteiger partial charge in [-0.05, 0) is 48.6 Å². The van der Waals surface area contributed by atoms with Crippen molar-refractivity contribution >= 4 is 21.8 Å². The predicted octanol–water partition coefficient (Wildman–Crippen LogP) is 4.53. The Balaban J connectivity index is 1.47. The van der Waals surface area contributed by atoms with Crippen LogP contribution in [0.3, 0.4) is 0 Å². The van der Waals surface area contributed by atoms with Crippen molar-refractivity contribution in [2.24, 2.45) is 5.92 Å². The molecule has 1 aromatic heterocycles. The Kier molecular flexibility index (Phi) is 9.45. The highest BCUT2D eigenvalue weighted by atomic mass is 32.2. The molecule has 1 atom stereocenters. The first-order valence-electron chi connectivity index (χ1n) is 12.9. The van der Waals surface area contributed by atoms with E-state index in [1.54, 1.807) is 24.3 Å². The highest BCUT2D eigenvalue weighted by molar-refractivity contribution is 7.89. The summed E-state index contributed by atoms with van der Waals surface area (Å²) in [4.78, 5) is 25.8. The lowest BCUT2D eigenvalue weighted by atomic mass is 10.0. The zero-order valence-electron chi connectivity index (χ0n) is 22.8. The van der Waals surface area contributed by atoms with E-state index in [-0.39, 0.29) is 60.2 Å². The molecule has 2 N–H and O–H groups in total. The molecule has 1 unspecified atom stereocenters. The van der Waals surface area contributed by atoms with Crippen LogP contribution in [0.2, 0.25) is 0 Å². The number of carbonyl (C=O) groups is 1. The van der Waals surface area contributed by atoms with Crippen LogP contribution >= 0.6 is 0 Å². The van der Waals surface area contributed by atoms with Crippen molar-refractivity contribution in [2.45, 2.75) is 37.6 Å². The molecule has 1 aliphatic rings. The van der Waals surface area contributed by atoms with E-state index < -0.39 is 27.1 Å². The number of ether oxygens (including phenoxy) is 3. The molecule has 4 rings (SSSR count). The number of carboxylic acid groups (broad SMARTS) is 1. The molecule has 224 valence electrons. The molecule has 15 heteroatoms. The lowest BCUT2D eigenvalue weighted by Gasteiger charge is -2.28. The van der Waals surface area contributed by atoms with Crippen LogP contribution in [-0.4, -0.2) is 70.0 Å². The molecule has 14 nitrogen and oxygen atoms in total. The second-order valence-electron chi connectivity index (χ2n) is 9.90. The van der Waals surface area contributed by atoms with E-state index in [1.807, 2.05) is 13.8 Å². The fourth-order valence-corrected chi connectivity index (χ4v) is 5.92. The fourth-order valence-electron chi connectivity index (χ4n) is 4.29. The lowest BCUT2D eigenvalue weighted by Crippen LogP contribution is -2.42. The van der Waals surface area contributed by atoms with Crippen LogP contribution in [0.5, 0.6) is 23.1 Å². The smallest absolute Gasteiger partial charge is 0.431 e. The van der Waals surface area contributed by atoms with Gasteiger partial charge >= 0.3 is 6.09 Å². The van der Waals surface area contributed by atoms with Gasteiger partial charge in [-0.2, -0.15) is 9.37 Å². The minimum Gasteiger partial charge on any atom is -0.463 e. The van der Waals surface area contributed by atoms with Crippen molar-refractivity contribution in [2.75, 3.05) is 19.9 Å². The quantitative estimate of drug-likeness (QED) is 0.159. The van der Waals surface area contributed by atoms with Crippen molar-refractivity contribution < 1.29 is 42.7 Å². The van der Waals surface area contributed by atoms with Gasteiger partial charge in [-0.1, -0.05) is 26.0 Å². The number of amides is 1. The van der Waals surface area contributed by atoms with Gasteiger partial charge in [0.25, 0.3) is 5.69 Å². The molecule has 2 aromatic carbocycles. The molecule has 2 heterocycles. The zero-order chi connectivity index (χ0) is 30.4. The maximum Gasteiger partial charge on any atom is 0.431 e. The minimum atomic E-state index is -3.98. The van der Waals surface area contributed by atoms with E-state index in [0.717, 1.165) is 6.20 Å². The number of hydrogen-bond donors (Lipinski definition) is 2. The highest BCUT2D eigenvalue weighted by Crippen LogP contribution is 2.35. The van der Waals surface area contributed by atoms with E-state index in [4.69, 9.17) is 14.2 Å². The number of fused-ring (bicyclic) bond motifs is 1. The maximum absolute atomic E-state index is 13.6. The molecule has 0 bridgehead atoms. The summed E-state index contributed by atoms with van der Waals surface area (Å²) in [5.74, 6) is 1.26. The number of nitrogens with zero attached hydrogens (tertiary/aromatic N) is 4. The van der Waals surface area contributed by atoms with Crippen molar-refractivity contribution in [3.8, 4) is 23.1 Å². The third kappa shape index (κ3) is 7.43. The van der Waals surface area contributed by atoms with Gasteiger partial charge in [-0.25, -0.2) is 18.2 Å². The molecular formula is C27H30N4O10S. The number of pyridine rings is 1. The lowest BCUT2D eigenvalue weighted by molar-refractivity contribution is -0.385. The Bertz CT molecular complexity index is 1510. The first-order valence-corrected chi connectivity index (χ1v) is 14.4. The van der Waals surface area contributed by atoms with Gasteiger partial charge in [0.1, 0.15) is 11.9 Å². The first kappa shape index (κ1) is 30.5. The Morgan fingerprint density at radius 3 is 2.45 bits per heavy atom. The summed E-state index contributed by atoms with van der Waals surface area (Å²) in [5.41, 5.74) is 0.477. The van der Waals surface area contributed by atoms with Crippen LogP contribution in [-0.2, 0) is 16.4 Å². The van der Waals surface area contributed by atoms with Gasteiger partial charge in [0.2, 0.25) is 22.7 Å². The number of hydrogen-bond acceptors (Lipinski definition) is 10. The number of hydroxylamine groups is 2. The SMILES string of the molecule is CC(C)CN(CCC(Cc1ccc(Oc2ccc([N+](=O)[O-])cn2)cc1)N(O)C(=O)O)S(=O)(=O)c1ccc2c(c1)OCO2. The zero-order valence-corrected chi connectivity index (χ0v) is 23.6. The van der Waals surface area contributed by atoms with Gasteiger partial charge in [0, 0.05) is 31.3 Å². The summed E-state index contributed by atoms with van der Waals surface area (Å²) in [6.45, 7) is 3.84. The summed E-state index contributed by atoms with van der Waals surface area (Å²) in [6, 6.07) is 12.5. The number of rotatable bonds is 13.